The molecule has 0 radical (unpaired) electrons. The van der Waals surface area contributed by atoms with Gasteiger partial charge in [-0.05, 0) is 13.0 Å². The maximum atomic E-state index is 13.6. The smallest absolute Gasteiger partial charge is 0.128 e. The van der Waals surface area contributed by atoms with Gasteiger partial charge in [-0.15, -0.1) is 0 Å². The molecule has 0 aliphatic rings. The van der Waals surface area contributed by atoms with E-state index in [0.29, 0.717) is 11.3 Å². The topological polar surface area (TPSA) is 51.8 Å². The van der Waals surface area contributed by atoms with Gasteiger partial charge in [0, 0.05) is 18.0 Å². The van der Waals surface area contributed by atoms with Crippen LogP contribution < -0.4 is 5.73 Å². The summed E-state index contributed by atoms with van der Waals surface area (Å²) < 4.78 is 13.6. The van der Waals surface area contributed by atoms with E-state index in [9.17, 15) is 4.39 Å². The minimum Gasteiger partial charge on any atom is -0.317 e. The molecule has 0 fully saturated rings. The highest BCUT2D eigenvalue weighted by molar-refractivity contribution is 5.32. The first-order valence-electron chi connectivity index (χ1n) is 4.93. The van der Waals surface area contributed by atoms with Crippen molar-refractivity contribution in [3.8, 4) is 0 Å². The zero-order chi connectivity index (χ0) is 11.6. The van der Waals surface area contributed by atoms with Gasteiger partial charge in [-0.1, -0.05) is 18.2 Å². The van der Waals surface area contributed by atoms with Crippen LogP contribution in [0, 0.1) is 5.82 Å². The molecule has 0 bridgehead atoms. The van der Waals surface area contributed by atoms with Crippen LogP contribution in [0.1, 0.15) is 18.2 Å². The predicted molar refractivity (Wildman–Crippen MR) is 59.1 cm³/mol. The van der Waals surface area contributed by atoms with Gasteiger partial charge in [0.25, 0.3) is 0 Å². The number of hydrogen-bond acceptors (Lipinski definition) is 3. The maximum absolute atomic E-state index is 13.6. The molecule has 0 amide bonds. The summed E-state index contributed by atoms with van der Waals surface area (Å²) in [7, 11) is 0. The molecule has 0 aliphatic heterocycles. The lowest BCUT2D eigenvalue weighted by molar-refractivity contribution is 0.518. The van der Waals surface area contributed by atoms with Crippen molar-refractivity contribution in [2.75, 3.05) is 0 Å². The third-order valence-electron chi connectivity index (χ3n) is 2.53. The second-order valence-electron chi connectivity index (χ2n) is 3.77. The number of benzene rings is 1. The molecule has 2 N–H and O–H groups in total. The monoisotopic (exact) mass is 217 g/mol. The Bertz CT molecular complexity index is 483. The van der Waals surface area contributed by atoms with Gasteiger partial charge in [-0.25, -0.2) is 4.39 Å². The lowest BCUT2D eigenvalue weighted by atomic mass is 9.89. The van der Waals surface area contributed by atoms with E-state index in [-0.39, 0.29) is 5.82 Å². The van der Waals surface area contributed by atoms with Gasteiger partial charge in [-0.2, -0.15) is 0 Å². The van der Waals surface area contributed by atoms with E-state index in [1.54, 1.807) is 43.7 Å². The highest BCUT2D eigenvalue weighted by atomic mass is 19.1. The van der Waals surface area contributed by atoms with E-state index in [0.717, 1.165) is 0 Å². The lowest BCUT2D eigenvalue weighted by Crippen LogP contribution is -2.36. The van der Waals surface area contributed by atoms with Crippen LogP contribution in [-0.2, 0) is 5.54 Å². The summed E-state index contributed by atoms with van der Waals surface area (Å²) in [5.74, 6) is -0.335. The summed E-state index contributed by atoms with van der Waals surface area (Å²) in [5.41, 5.74) is 6.10. The summed E-state index contributed by atoms with van der Waals surface area (Å²) in [6, 6.07) is 6.42. The van der Waals surface area contributed by atoms with Crippen LogP contribution in [-0.4, -0.2) is 9.97 Å². The summed E-state index contributed by atoms with van der Waals surface area (Å²) in [5, 5.41) is 0. The molecule has 82 valence electrons. The quantitative estimate of drug-likeness (QED) is 0.835. The number of nitrogens with zero attached hydrogens (tertiary/aromatic N) is 2. The molecule has 0 saturated heterocycles. The fraction of sp³-hybridized carbons (Fsp3) is 0.167. The van der Waals surface area contributed by atoms with Crippen molar-refractivity contribution in [1.29, 1.82) is 0 Å². The highest BCUT2D eigenvalue weighted by Crippen LogP contribution is 2.26. The van der Waals surface area contributed by atoms with Crippen molar-refractivity contribution in [3.63, 3.8) is 0 Å². The van der Waals surface area contributed by atoms with Gasteiger partial charge < -0.3 is 5.73 Å². The zero-order valence-corrected chi connectivity index (χ0v) is 8.89. The molecule has 0 spiro atoms. The van der Waals surface area contributed by atoms with Gasteiger partial charge >= 0.3 is 0 Å². The number of halogens is 1. The van der Waals surface area contributed by atoms with Gasteiger partial charge in [-0.3, -0.25) is 9.97 Å². The zero-order valence-electron chi connectivity index (χ0n) is 8.89. The first-order chi connectivity index (χ1) is 7.62. The van der Waals surface area contributed by atoms with Crippen molar-refractivity contribution >= 4 is 0 Å². The third kappa shape index (κ3) is 1.79. The molecule has 0 aliphatic carbocycles. The van der Waals surface area contributed by atoms with E-state index in [2.05, 4.69) is 9.97 Å². The Morgan fingerprint density at radius 1 is 1.25 bits per heavy atom. The SMILES string of the molecule is CC(N)(c1cnccn1)c1ccccc1F. The average molecular weight is 217 g/mol. The minimum absolute atomic E-state index is 0.335. The number of aromatic nitrogens is 2. The van der Waals surface area contributed by atoms with Gasteiger partial charge in [0.05, 0.1) is 17.4 Å². The first-order valence-corrected chi connectivity index (χ1v) is 4.93. The van der Waals surface area contributed by atoms with Crippen LogP contribution in [0.15, 0.2) is 42.9 Å². The van der Waals surface area contributed by atoms with Crippen molar-refractivity contribution in [3.05, 3.63) is 59.9 Å². The van der Waals surface area contributed by atoms with Gasteiger partial charge in [0.1, 0.15) is 5.82 Å². The van der Waals surface area contributed by atoms with E-state index >= 15 is 0 Å². The lowest BCUT2D eigenvalue weighted by Gasteiger charge is -2.24. The van der Waals surface area contributed by atoms with Crippen molar-refractivity contribution in [2.45, 2.75) is 12.5 Å². The fourth-order valence-corrected chi connectivity index (χ4v) is 1.59. The van der Waals surface area contributed by atoms with Crippen LogP contribution in [0.4, 0.5) is 4.39 Å². The summed E-state index contributed by atoms with van der Waals surface area (Å²) >= 11 is 0. The molecule has 1 aromatic carbocycles. The Morgan fingerprint density at radius 2 is 2.00 bits per heavy atom. The van der Waals surface area contributed by atoms with E-state index in [4.69, 9.17) is 5.73 Å². The van der Waals surface area contributed by atoms with E-state index in [1.165, 1.54) is 6.07 Å². The fourth-order valence-electron chi connectivity index (χ4n) is 1.59. The summed E-state index contributed by atoms with van der Waals surface area (Å²) in [6.07, 6.45) is 4.65. The molecule has 2 rings (SSSR count). The Morgan fingerprint density at radius 3 is 2.62 bits per heavy atom. The van der Waals surface area contributed by atoms with Gasteiger partial charge in [0.2, 0.25) is 0 Å². The Balaban J connectivity index is 2.51. The van der Waals surface area contributed by atoms with Crippen LogP contribution >= 0.6 is 0 Å². The number of rotatable bonds is 2. The van der Waals surface area contributed by atoms with Crippen LogP contribution in [0.3, 0.4) is 0 Å². The molecule has 1 aromatic heterocycles. The Labute approximate surface area is 93.2 Å². The van der Waals surface area contributed by atoms with Crippen LogP contribution in [0.25, 0.3) is 0 Å². The normalized spacial score (nSPS) is 14.4. The summed E-state index contributed by atoms with van der Waals surface area (Å²) in [4.78, 5) is 8.05. The number of hydrogen-bond donors (Lipinski definition) is 1. The molecule has 16 heavy (non-hydrogen) atoms. The van der Waals surface area contributed by atoms with E-state index < -0.39 is 5.54 Å². The molecule has 4 heteroatoms. The van der Waals surface area contributed by atoms with Crippen molar-refractivity contribution in [2.24, 2.45) is 5.73 Å². The van der Waals surface area contributed by atoms with Crippen LogP contribution in [0.2, 0.25) is 0 Å². The largest absolute Gasteiger partial charge is 0.317 e. The predicted octanol–water partition coefficient (Wildman–Crippen LogP) is 1.84. The van der Waals surface area contributed by atoms with Gasteiger partial charge in [0.15, 0.2) is 0 Å². The minimum atomic E-state index is -0.973. The Kier molecular flexibility index (Phi) is 2.66. The highest BCUT2D eigenvalue weighted by Gasteiger charge is 2.28. The molecular weight excluding hydrogens is 205 g/mol. The molecule has 2 aromatic rings. The second-order valence-corrected chi connectivity index (χ2v) is 3.77. The Hall–Kier alpha value is -1.81. The first kappa shape index (κ1) is 10.7. The average Bonchev–Trinajstić information content (AvgIpc) is 2.30. The number of nitrogens with two attached hydrogens (primary N) is 1. The molecule has 1 unspecified atom stereocenters. The standard InChI is InChI=1S/C12H12FN3/c1-12(14,11-8-15-6-7-16-11)9-4-2-3-5-10(9)13/h2-8H,14H2,1H3. The third-order valence-corrected chi connectivity index (χ3v) is 2.53. The van der Waals surface area contributed by atoms with Crippen molar-refractivity contribution < 1.29 is 4.39 Å². The van der Waals surface area contributed by atoms with Crippen LogP contribution in [0.5, 0.6) is 0 Å². The maximum Gasteiger partial charge on any atom is 0.128 e. The second kappa shape index (κ2) is 3.98. The molecule has 3 nitrogen and oxygen atoms in total. The molecule has 1 atom stereocenters. The summed E-state index contributed by atoms with van der Waals surface area (Å²) in [6.45, 7) is 1.72. The molecule has 1 heterocycles. The van der Waals surface area contributed by atoms with E-state index in [1.807, 2.05) is 0 Å². The molecule has 0 saturated carbocycles. The van der Waals surface area contributed by atoms with Crippen molar-refractivity contribution in [1.82, 2.24) is 9.97 Å². The molecular formula is C12H12FN3.